The van der Waals surface area contributed by atoms with Crippen LogP contribution in [0.1, 0.15) is 65.5 Å². The molecule has 1 aromatic rings. The van der Waals surface area contributed by atoms with Crippen LogP contribution in [0.2, 0.25) is 0 Å². The summed E-state index contributed by atoms with van der Waals surface area (Å²) < 4.78 is 0. The van der Waals surface area contributed by atoms with E-state index in [2.05, 4.69) is 76.3 Å². The molecule has 1 N–H and O–H groups in total. The zero-order valence-corrected chi connectivity index (χ0v) is 16.1. The summed E-state index contributed by atoms with van der Waals surface area (Å²) in [7, 11) is 0. The predicted molar refractivity (Wildman–Crippen MR) is 104 cm³/mol. The monoisotopic (exact) mass is 333 g/mol. The molecule has 1 nitrogen and oxygen atoms in total. The summed E-state index contributed by atoms with van der Waals surface area (Å²) in [6, 6.07) is 11.3. The van der Waals surface area contributed by atoms with Crippen LogP contribution in [0.4, 0.5) is 0 Å². The van der Waals surface area contributed by atoms with E-state index in [-0.39, 0.29) is 12.4 Å². The lowest BCUT2D eigenvalue weighted by molar-refractivity contribution is 0.442. The van der Waals surface area contributed by atoms with Crippen LogP contribution >= 0.6 is 12.4 Å². The predicted octanol–water partition coefficient (Wildman–Crippen LogP) is 6.23. The normalized spacial score (nSPS) is 17.6. The smallest absolute Gasteiger partial charge is 0.0360 e. The fourth-order valence-electron chi connectivity index (χ4n) is 3.22. The number of rotatable bonds is 6. The number of nitrogens with one attached hydrogen (secondary N) is 1. The Labute approximate surface area is 148 Å². The van der Waals surface area contributed by atoms with Crippen LogP contribution in [-0.4, -0.2) is 6.54 Å². The van der Waals surface area contributed by atoms with E-state index in [1.807, 2.05) is 0 Å². The molecular weight excluding hydrogens is 302 g/mol. The minimum Gasteiger partial charge on any atom is -0.306 e. The van der Waals surface area contributed by atoms with Crippen LogP contribution in [0, 0.1) is 5.41 Å². The van der Waals surface area contributed by atoms with Gasteiger partial charge in [-0.3, -0.25) is 0 Å². The van der Waals surface area contributed by atoms with Gasteiger partial charge in [-0.25, -0.2) is 0 Å². The lowest BCUT2D eigenvalue weighted by Crippen LogP contribution is -2.22. The first-order chi connectivity index (χ1) is 10.4. The second kappa shape index (κ2) is 8.70. The SMILES string of the molecule is CC(C)=CCNC(CC1=C(C)C(C)(C)CC1)c1ccccc1.Cl. The quantitative estimate of drug-likeness (QED) is 0.608. The molecule has 23 heavy (non-hydrogen) atoms. The lowest BCUT2D eigenvalue weighted by atomic mass is 9.86. The molecule has 0 aliphatic heterocycles. The summed E-state index contributed by atoms with van der Waals surface area (Å²) in [5.41, 5.74) is 6.42. The fraction of sp³-hybridized carbons (Fsp3) is 0.524. The molecule has 0 bridgehead atoms. The molecule has 128 valence electrons. The Balaban J connectivity index is 0.00000264. The minimum absolute atomic E-state index is 0. The fourth-order valence-corrected chi connectivity index (χ4v) is 3.22. The third-order valence-electron chi connectivity index (χ3n) is 5.12. The second-order valence-corrected chi connectivity index (χ2v) is 7.47. The molecule has 1 aliphatic carbocycles. The maximum absolute atomic E-state index is 3.73. The number of hydrogen-bond acceptors (Lipinski definition) is 1. The van der Waals surface area contributed by atoms with Gasteiger partial charge >= 0.3 is 0 Å². The maximum atomic E-state index is 3.73. The van der Waals surface area contributed by atoms with E-state index in [0.717, 1.165) is 13.0 Å². The van der Waals surface area contributed by atoms with Crippen molar-refractivity contribution in [2.75, 3.05) is 6.54 Å². The van der Waals surface area contributed by atoms with Crippen molar-refractivity contribution in [3.05, 3.63) is 58.7 Å². The van der Waals surface area contributed by atoms with Gasteiger partial charge in [-0.05, 0) is 51.0 Å². The molecule has 0 saturated carbocycles. The van der Waals surface area contributed by atoms with E-state index in [0.29, 0.717) is 11.5 Å². The third kappa shape index (κ3) is 5.51. The zero-order chi connectivity index (χ0) is 16.2. The van der Waals surface area contributed by atoms with Gasteiger partial charge in [0.05, 0.1) is 0 Å². The van der Waals surface area contributed by atoms with Gasteiger partial charge in [-0.15, -0.1) is 12.4 Å². The first kappa shape index (κ1) is 20.0. The minimum atomic E-state index is 0. The van der Waals surface area contributed by atoms with E-state index >= 15 is 0 Å². The van der Waals surface area contributed by atoms with Gasteiger partial charge in [0, 0.05) is 12.6 Å². The molecule has 0 saturated heterocycles. The lowest BCUT2D eigenvalue weighted by Gasteiger charge is -2.22. The average Bonchev–Trinajstić information content (AvgIpc) is 2.73. The van der Waals surface area contributed by atoms with Gasteiger partial charge in [-0.2, -0.15) is 0 Å². The molecule has 1 atom stereocenters. The van der Waals surface area contributed by atoms with Crippen molar-refractivity contribution in [1.82, 2.24) is 5.32 Å². The molecule has 0 amide bonds. The van der Waals surface area contributed by atoms with E-state index in [1.165, 1.54) is 24.0 Å². The number of allylic oxidation sites excluding steroid dienone is 2. The average molecular weight is 334 g/mol. The topological polar surface area (TPSA) is 12.0 Å². The van der Waals surface area contributed by atoms with Crippen molar-refractivity contribution in [3.63, 3.8) is 0 Å². The van der Waals surface area contributed by atoms with Crippen LogP contribution in [0.15, 0.2) is 53.1 Å². The molecular formula is C21H32ClN. The largest absolute Gasteiger partial charge is 0.306 e. The second-order valence-electron chi connectivity index (χ2n) is 7.47. The zero-order valence-electron chi connectivity index (χ0n) is 15.3. The van der Waals surface area contributed by atoms with Crippen molar-refractivity contribution in [2.45, 2.75) is 59.9 Å². The standard InChI is InChI=1S/C21H31N.ClH/c1-16(2)12-14-22-20(18-9-7-6-8-10-18)15-19-11-13-21(4,5)17(19)3;/h6-10,12,20,22H,11,13-15H2,1-5H3;1H. The highest BCUT2D eigenvalue weighted by Gasteiger charge is 2.30. The van der Waals surface area contributed by atoms with Crippen molar-refractivity contribution >= 4 is 12.4 Å². The first-order valence-corrected chi connectivity index (χ1v) is 8.51. The van der Waals surface area contributed by atoms with Crippen LogP contribution in [0.25, 0.3) is 0 Å². The molecule has 0 heterocycles. The number of hydrogen-bond donors (Lipinski definition) is 1. The van der Waals surface area contributed by atoms with Gasteiger partial charge in [0.2, 0.25) is 0 Å². The van der Waals surface area contributed by atoms with Crippen LogP contribution in [0.5, 0.6) is 0 Å². The molecule has 1 aliphatic rings. The molecule has 1 unspecified atom stereocenters. The van der Waals surface area contributed by atoms with Gasteiger partial charge in [0.15, 0.2) is 0 Å². The Bertz CT molecular complexity index is 550. The molecule has 0 spiro atoms. The van der Waals surface area contributed by atoms with Crippen LogP contribution in [-0.2, 0) is 0 Å². The van der Waals surface area contributed by atoms with Gasteiger partial charge in [-0.1, -0.05) is 67.0 Å². The van der Waals surface area contributed by atoms with Gasteiger partial charge in [0.25, 0.3) is 0 Å². The Hall–Kier alpha value is -1.05. The van der Waals surface area contributed by atoms with E-state index in [9.17, 15) is 0 Å². The Morgan fingerprint density at radius 2 is 1.87 bits per heavy atom. The van der Waals surface area contributed by atoms with E-state index in [4.69, 9.17) is 0 Å². The number of benzene rings is 1. The van der Waals surface area contributed by atoms with Crippen molar-refractivity contribution in [3.8, 4) is 0 Å². The van der Waals surface area contributed by atoms with E-state index < -0.39 is 0 Å². The molecule has 2 rings (SSSR count). The highest BCUT2D eigenvalue weighted by Crippen LogP contribution is 2.44. The summed E-state index contributed by atoms with van der Waals surface area (Å²) >= 11 is 0. The molecule has 0 fully saturated rings. The van der Waals surface area contributed by atoms with Gasteiger partial charge in [0.1, 0.15) is 0 Å². The maximum Gasteiger partial charge on any atom is 0.0360 e. The van der Waals surface area contributed by atoms with Crippen LogP contribution in [0.3, 0.4) is 0 Å². The third-order valence-corrected chi connectivity index (χ3v) is 5.12. The highest BCUT2D eigenvalue weighted by atomic mass is 35.5. The summed E-state index contributed by atoms with van der Waals surface area (Å²) in [5, 5.41) is 3.73. The van der Waals surface area contributed by atoms with Crippen molar-refractivity contribution in [2.24, 2.45) is 5.41 Å². The Kier molecular flexibility index (Phi) is 7.57. The molecule has 2 heteroatoms. The molecule has 0 radical (unpaired) electrons. The van der Waals surface area contributed by atoms with Gasteiger partial charge < -0.3 is 5.32 Å². The van der Waals surface area contributed by atoms with E-state index in [1.54, 1.807) is 11.1 Å². The van der Waals surface area contributed by atoms with Crippen molar-refractivity contribution < 1.29 is 0 Å². The molecule has 1 aromatic carbocycles. The van der Waals surface area contributed by atoms with Crippen molar-refractivity contribution in [1.29, 1.82) is 0 Å². The molecule has 0 aromatic heterocycles. The highest BCUT2D eigenvalue weighted by molar-refractivity contribution is 5.85. The summed E-state index contributed by atoms with van der Waals surface area (Å²) in [4.78, 5) is 0. The summed E-state index contributed by atoms with van der Waals surface area (Å²) in [6.45, 7) is 12.3. The Morgan fingerprint density at radius 1 is 1.22 bits per heavy atom. The summed E-state index contributed by atoms with van der Waals surface area (Å²) in [6.07, 6.45) is 5.96. The first-order valence-electron chi connectivity index (χ1n) is 8.51. The summed E-state index contributed by atoms with van der Waals surface area (Å²) in [5.74, 6) is 0. The number of halogens is 1. The van der Waals surface area contributed by atoms with Crippen LogP contribution < -0.4 is 5.32 Å². The Morgan fingerprint density at radius 3 is 2.39 bits per heavy atom.